The van der Waals surface area contributed by atoms with Crippen molar-refractivity contribution in [2.45, 2.75) is 38.3 Å². The van der Waals surface area contributed by atoms with Crippen LogP contribution < -0.4 is 4.90 Å². The van der Waals surface area contributed by atoms with E-state index < -0.39 is 0 Å². The number of imidazole rings is 1. The van der Waals surface area contributed by atoms with Crippen molar-refractivity contribution in [3.63, 3.8) is 0 Å². The summed E-state index contributed by atoms with van der Waals surface area (Å²) in [6, 6.07) is 7.96. The van der Waals surface area contributed by atoms with Crippen LogP contribution in [-0.4, -0.2) is 64.4 Å². The van der Waals surface area contributed by atoms with Crippen molar-refractivity contribution >= 4 is 11.5 Å². The average Bonchev–Trinajstić information content (AvgIpc) is 3.19. The minimum absolute atomic E-state index is 0.181. The summed E-state index contributed by atoms with van der Waals surface area (Å²) in [7, 11) is 4.29. The van der Waals surface area contributed by atoms with Gasteiger partial charge in [-0.15, -0.1) is 0 Å². The predicted molar refractivity (Wildman–Crippen MR) is 121 cm³/mol. The van der Waals surface area contributed by atoms with E-state index in [0.29, 0.717) is 5.82 Å². The number of rotatable bonds is 3. The molecule has 3 aromatic heterocycles. The Morgan fingerprint density at radius 1 is 1.00 bits per heavy atom. The lowest BCUT2D eigenvalue weighted by Crippen LogP contribution is -2.45. The van der Waals surface area contributed by atoms with Gasteiger partial charge < -0.3 is 9.80 Å². The van der Waals surface area contributed by atoms with Gasteiger partial charge in [-0.05, 0) is 64.0 Å². The van der Waals surface area contributed by atoms with E-state index in [1.165, 1.54) is 5.56 Å². The van der Waals surface area contributed by atoms with Gasteiger partial charge in [-0.2, -0.15) is 0 Å². The van der Waals surface area contributed by atoms with Crippen LogP contribution in [0.3, 0.4) is 0 Å². The highest BCUT2D eigenvalue weighted by Crippen LogP contribution is 2.40. The van der Waals surface area contributed by atoms with Crippen LogP contribution in [0.1, 0.15) is 48.3 Å². The highest BCUT2D eigenvalue weighted by atomic mass is 19.1. The Morgan fingerprint density at radius 3 is 2.55 bits per heavy atom. The van der Waals surface area contributed by atoms with Crippen LogP contribution in [0.25, 0.3) is 5.65 Å². The number of piperazine rings is 1. The number of pyridine rings is 2. The van der Waals surface area contributed by atoms with Crippen molar-refractivity contribution in [3.05, 3.63) is 59.4 Å². The van der Waals surface area contributed by atoms with E-state index in [-0.39, 0.29) is 17.9 Å². The van der Waals surface area contributed by atoms with Gasteiger partial charge in [0.15, 0.2) is 11.6 Å². The number of nitrogens with zero attached hydrogens (tertiary/aromatic N) is 6. The van der Waals surface area contributed by atoms with Gasteiger partial charge in [0.05, 0.1) is 23.5 Å². The number of aromatic nitrogens is 3. The topological polar surface area (TPSA) is 39.9 Å². The minimum Gasteiger partial charge on any atom is -0.353 e. The van der Waals surface area contributed by atoms with E-state index in [9.17, 15) is 4.39 Å². The van der Waals surface area contributed by atoms with Crippen molar-refractivity contribution < 1.29 is 4.39 Å². The molecule has 0 N–H and O–H groups in total. The number of hydrogen-bond donors (Lipinski definition) is 0. The number of likely N-dealkylation sites (tertiary alicyclic amines) is 1. The zero-order valence-electron chi connectivity index (χ0n) is 18.6. The van der Waals surface area contributed by atoms with E-state index in [4.69, 9.17) is 4.98 Å². The molecule has 5 heterocycles. The van der Waals surface area contributed by atoms with Gasteiger partial charge in [-0.1, -0.05) is 6.07 Å². The molecule has 2 atom stereocenters. The molecule has 2 aliphatic heterocycles. The van der Waals surface area contributed by atoms with E-state index >= 15 is 0 Å². The van der Waals surface area contributed by atoms with Crippen LogP contribution in [-0.2, 0) is 0 Å². The Hall–Kier alpha value is -2.51. The number of aryl methyl sites for hydroxylation is 1. The maximum atomic E-state index is 14.9. The van der Waals surface area contributed by atoms with Crippen molar-refractivity contribution in [2.75, 3.05) is 45.2 Å². The van der Waals surface area contributed by atoms with Gasteiger partial charge in [-0.3, -0.25) is 14.3 Å². The Kier molecular flexibility index (Phi) is 5.40. The number of anilines is 1. The molecular weight excluding hydrogens is 391 g/mol. The summed E-state index contributed by atoms with van der Waals surface area (Å²) in [6.45, 7) is 5.66. The molecule has 0 spiro atoms. The van der Waals surface area contributed by atoms with Gasteiger partial charge >= 0.3 is 0 Å². The van der Waals surface area contributed by atoms with Gasteiger partial charge in [0.25, 0.3) is 0 Å². The molecule has 0 radical (unpaired) electrons. The molecule has 0 bridgehead atoms. The second kappa shape index (κ2) is 8.20. The second-order valence-corrected chi connectivity index (χ2v) is 9.02. The maximum absolute atomic E-state index is 14.9. The Balaban J connectivity index is 1.49. The SMILES string of the molecule is Cc1cccnc1[C@@H]1CCCC(c2cn3c(N4CCN(C)CC4)c(F)ccc3n2)N1C. The number of fused-ring (bicyclic) bond motifs is 1. The molecule has 0 aliphatic carbocycles. The molecule has 0 saturated carbocycles. The monoisotopic (exact) mass is 422 g/mol. The molecule has 2 fully saturated rings. The first-order chi connectivity index (χ1) is 15.0. The highest BCUT2D eigenvalue weighted by Gasteiger charge is 2.33. The second-order valence-electron chi connectivity index (χ2n) is 9.02. The molecule has 7 heteroatoms. The summed E-state index contributed by atoms with van der Waals surface area (Å²) in [5, 5.41) is 0. The van der Waals surface area contributed by atoms with Crippen LogP contribution in [0.4, 0.5) is 10.2 Å². The molecule has 31 heavy (non-hydrogen) atoms. The predicted octanol–water partition coefficient (Wildman–Crippen LogP) is 3.83. The Labute approximate surface area is 183 Å². The van der Waals surface area contributed by atoms with E-state index in [1.54, 1.807) is 12.1 Å². The summed E-state index contributed by atoms with van der Waals surface area (Å²) in [6.07, 6.45) is 7.22. The van der Waals surface area contributed by atoms with Crippen LogP contribution in [0.2, 0.25) is 0 Å². The van der Waals surface area contributed by atoms with Crippen molar-refractivity contribution in [1.82, 2.24) is 24.2 Å². The van der Waals surface area contributed by atoms with E-state index in [0.717, 1.165) is 62.5 Å². The molecule has 0 aromatic carbocycles. The molecule has 164 valence electrons. The standard InChI is InChI=1S/C24H31FN6/c1-17-6-5-11-26-23(17)21-8-4-7-20(29(21)3)19-16-31-22(27-19)10-9-18(25)24(31)30-14-12-28(2)13-15-30/h5-6,9-11,16,20-21H,4,7-8,12-15H2,1-3H3/t20?,21-/m0/s1. The molecule has 0 amide bonds. The molecule has 6 nitrogen and oxygen atoms in total. The summed E-state index contributed by atoms with van der Waals surface area (Å²) < 4.78 is 16.9. The summed E-state index contributed by atoms with van der Waals surface area (Å²) >= 11 is 0. The average molecular weight is 423 g/mol. The summed E-state index contributed by atoms with van der Waals surface area (Å²) in [4.78, 5) is 16.5. The normalized spacial score (nSPS) is 23.5. The summed E-state index contributed by atoms with van der Waals surface area (Å²) in [5.41, 5.74) is 4.22. The lowest BCUT2D eigenvalue weighted by molar-refractivity contribution is 0.109. The van der Waals surface area contributed by atoms with Crippen LogP contribution in [0.5, 0.6) is 0 Å². The minimum atomic E-state index is -0.181. The Morgan fingerprint density at radius 2 is 1.77 bits per heavy atom. The van der Waals surface area contributed by atoms with Crippen molar-refractivity contribution in [2.24, 2.45) is 0 Å². The molecule has 1 unspecified atom stereocenters. The zero-order chi connectivity index (χ0) is 21.5. The highest BCUT2D eigenvalue weighted by molar-refractivity contribution is 5.54. The molecular formula is C24H31FN6. The first kappa shape index (κ1) is 20.4. The third-order valence-corrected chi connectivity index (χ3v) is 7.02. The van der Waals surface area contributed by atoms with Gasteiger partial charge in [0, 0.05) is 38.6 Å². The third-order valence-electron chi connectivity index (χ3n) is 7.02. The van der Waals surface area contributed by atoms with E-state index in [1.807, 2.05) is 16.7 Å². The van der Waals surface area contributed by atoms with Crippen molar-refractivity contribution in [1.29, 1.82) is 0 Å². The molecule has 3 aromatic rings. The van der Waals surface area contributed by atoms with Crippen molar-refractivity contribution in [3.8, 4) is 0 Å². The fraction of sp³-hybridized carbons (Fsp3) is 0.500. The number of piperidine rings is 1. The van der Waals surface area contributed by atoms with Crippen LogP contribution >= 0.6 is 0 Å². The van der Waals surface area contributed by atoms with Gasteiger partial charge in [0.2, 0.25) is 0 Å². The third kappa shape index (κ3) is 3.70. The van der Waals surface area contributed by atoms with Gasteiger partial charge in [0.1, 0.15) is 5.65 Å². The van der Waals surface area contributed by atoms with Gasteiger partial charge in [-0.25, -0.2) is 9.37 Å². The fourth-order valence-electron chi connectivity index (χ4n) is 5.18. The van der Waals surface area contributed by atoms with E-state index in [2.05, 4.69) is 53.0 Å². The molecule has 2 saturated heterocycles. The first-order valence-electron chi connectivity index (χ1n) is 11.3. The Bertz CT molecular complexity index is 1070. The largest absolute Gasteiger partial charge is 0.353 e. The maximum Gasteiger partial charge on any atom is 0.164 e. The van der Waals surface area contributed by atoms with Crippen LogP contribution in [0.15, 0.2) is 36.7 Å². The quantitative estimate of drug-likeness (QED) is 0.642. The smallest absolute Gasteiger partial charge is 0.164 e. The first-order valence-corrected chi connectivity index (χ1v) is 11.3. The zero-order valence-corrected chi connectivity index (χ0v) is 18.6. The number of hydrogen-bond acceptors (Lipinski definition) is 5. The fourth-order valence-corrected chi connectivity index (χ4v) is 5.18. The molecule has 2 aliphatic rings. The summed E-state index contributed by atoms with van der Waals surface area (Å²) in [5.74, 6) is 0.458. The number of likely N-dealkylation sites (N-methyl/N-ethyl adjacent to an activating group) is 1. The molecule has 5 rings (SSSR count). The van der Waals surface area contributed by atoms with Crippen LogP contribution in [0, 0.1) is 12.7 Å². The lowest BCUT2D eigenvalue weighted by Gasteiger charge is -2.39. The lowest BCUT2D eigenvalue weighted by atomic mass is 9.91. The number of halogens is 1.